The summed E-state index contributed by atoms with van der Waals surface area (Å²) in [5.41, 5.74) is 2.32. The van der Waals surface area contributed by atoms with Gasteiger partial charge in [-0.3, -0.25) is 4.79 Å². The molecule has 25 heavy (non-hydrogen) atoms. The highest BCUT2D eigenvalue weighted by molar-refractivity contribution is 5.97. The van der Waals surface area contributed by atoms with E-state index in [0.717, 1.165) is 5.69 Å². The Bertz CT molecular complexity index is 889. The zero-order valence-corrected chi connectivity index (χ0v) is 13.6. The molecule has 0 saturated heterocycles. The second-order valence-corrected chi connectivity index (χ2v) is 5.55. The number of nitrogens with zero attached hydrogens (tertiary/aromatic N) is 2. The van der Waals surface area contributed by atoms with Crippen molar-refractivity contribution in [3.63, 3.8) is 0 Å². The van der Waals surface area contributed by atoms with Gasteiger partial charge < -0.3 is 10.4 Å². The number of aliphatic carboxylic acids is 1. The summed E-state index contributed by atoms with van der Waals surface area (Å²) in [5.74, 6) is -1.59. The Hall–Kier alpha value is -3.41. The maximum absolute atomic E-state index is 12.6. The summed E-state index contributed by atoms with van der Waals surface area (Å²) in [6.45, 7) is 1.77. The van der Waals surface area contributed by atoms with Crippen LogP contribution in [0.1, 0.15) is 27.7 Å². The standard InChI is InChI=1S/C19H17N3O3/c1-13-16(12-20-22(13)15-10-6-3-7-11-15)18(23)21-17(19(24)25)14-8-4-2-5-9-14/h2-12,17H,1H3,(H,21,23)(H,24,25)/t17-/m1/s1. The minimum atomic E-state index is -1.12. The van der Waals surface area contributed by atoms with E-state index >= 15 is 0 Å². The monoisotopic (exact) mass is 335 g/mol. The van der Waals surface area contributed by atoms with E-state index in [1.54, 1.807) is 41.9 Å². The van der Waals surface area contributed by atoms with E-state index in [1.807, 2.05) is 30.3 Å². The van der Waals surface area contributed by atoms with Gasteiger partial charge in [0.25, 0.3) is 5.91 Å². The molecule has 2 aromatic carbocycles. The highest BCUT2D eigenvalue weighted by Crippen LogP contribution is 2.17. The van der Waals surface area contributed by atoms with Crippen LogP contribution < -0.4 is 5.32 Å². The molecular weight excluding hydrogens is 318 g/mol. The first-order valence-corrected chi connectivity index (χ1v) is 7.76. The lowest BCUT2D eigenvalue weighted by molar-refractivity contribution is -0.139. The van der Waals surface area contributed by atoms with Crippen molar-refractivity contribution in [1.29, 1.82) is 0 Å². The summed E-state index contributed by atoms with van der Waals surface area (Å²) in [4.78, 5) is 24.1. The van der Waals surface area contributed by atoms with Gasteiger partial charge in [-0.1, -0.05) is 48.5 Å². The number of rotatable bonds is 5. The SMILES string of the molecule is Cc1c(C(=O)N[C@@H](C(=O)O)c2ccccc2)cnn1-c1ccccc1. The van der Waals surface area contributed by atoms with E-state index in [0.29, 0.717) is 16.8 Å². The van der Waals surface area contributed by atoms with Crippen molar-refractivity contribution in [2.24, 2.45) is 0 Å². The fraction of sp³-hybridized carbons (Fsp3) is 0.105. The lowest BCUT2D eigenvalue weighted by Crippen LogP contribution is -2.34. The van der Waals surface area contributed by atoms with Crippen molar-refractivity contribution < 1.29 is 14.7 Å². The first-order chi connectivity index (χ1) is 12.1. The summed E-state index contributed by atoms with van der Waals surface area (Å²) < 4.78 is 1.65. The quantitative estimate of drug-likeness (QED) is 0.751. The zero-order valence-electron chi connectivity index (χ0n) is 13.6. The van der Waals surface area contributed by atoms with Crippen LogP contribution >= 0.6 is 0 Å². The summed E-state index contributed by atoms with van der Waals surface area (Å²) in [7, 11) is 0. The second kappa shape index (κ2) is 7.00. The summed E-state index contributed by atoms with van der Waals surface area (Å²) >= 11 is 0. The first kappa shape index (κ1) is 16.4. The number of carboxylic acid groups (broad SMARTS) is 1. The molecule has 1 amide bonds. The molecule has 3 aromatic rings. The molecule has 2 N–H and O–H groups in total. The van der Waals surface area contributed by atoms with Crippen LogP contribution in [0.3, 0.4) is 0 Å². The second-order valence-electron chi connectivity index (χ2n) is 5.55. The van der Waals surface area contributed by atoms with Gasteiger partial charge in [0.05, 0.1) is 23.1 Å². The Kier molecular flexibility index (Phi) is 4.61. The number of nitrogens with one attached hydrogen (secondary N) is 1. The molecule has 1 heterocycles. The summed E-state index contributed by atoms with van der Waals surface area (Å²) in [6, 6.07) is 16.9. The molecule has 0 spiro atoms. The molecule has 6 heteroatoms. The van der Waals surface area contributed by atoms with Crippen LogP contribution in [0.2, 0.25) is 0 Å². The number of carbonyl (C=O) groups excluding carboxylic acids is 1. The predicted molar refractivity (Wildman–Crippen MR) is 92.6 cm³/mol. The van der Waals surface area contributed by atoms with Gasteiger partial charge in [0.2, 0.25) is 0 Å². The van der Waals surface area contributed by atoms with Crippen LogP contribution in [0.25, 0.3) is 5.69 Å². The molecule has 0 unspecified atom stereocenters. The highest BCUT2D eigenvalue weighted by atomic mass is 16.4. The lowest BCUT2D eigenvalue weighted by Gasteiger charge is -2.14. The van der Waals surface area contributed by atoms with Gasteiger partial charge in [0.15, 0.2) is 6.04 Å². The molecule has 1 aromatic heterocycles. The van der Waals surface area contributed by atoms with E-state index in [4.69, 9.17) is 0 Å². The first-order valence-electron chi connectivity index (χ1n) is 7.76. The number of hydrogen-bond acceptors (Lipinski definition) is 3. The van der Waals surface area contributed by atoms with Crippen LogP contribution in [0.4, 0.5) is 0 Å². The molecule has 0 aliphatic rings. The number of carbonyl (C=O) groups is 2. The molecule has 0 aliphatic carbocycles. The Morgan fingerprint density at radius 2 is 1.64 bits per heavy atom. The fourth-order valence-electron chi connectivity index (χ4n) is 2.60. The van der Waals surface area contributed by atoms with E-state index < -0.39 is 17.9 Å². The smallest absolute Gasteiger partial charge is 0.330 e. The van der Waals surface area contributed by atoms with Crippen molar-refractivity contribution >= 4 is 11.9 Å². The average molecular weight is 335 g/mol. The van der Waals surface area contributed by atoms with Crippen LogP contribution in [0.5, 0.6) is 0 Å². The van der Waals surface area contributed by atoms with E-state index in [9.17, 15) is 14.7 Å². The molecule has 0 saturated carbocycles. The number of carboxylic acids is 1. The van der Waals surface area contributed by atoms with E-state index in [1.165, 1.54) is 6.20 Å². The van der Waals surface area contributed by atoms with E-state index in [-0.39, 0.29) is 0 Å². The summed E-state index contributed by atoms with van der Waals surface area (Å²) in [6.07, 6.45) is 1.45. The average Bonchev–Trinajstić information content (AvgIpc) is 3.02. The number of amides is 1. The third-order valence-electron chi connectivity index (χ3n) is 3.91. The van der Waals surface area contributed by atoms with Crippen molar-refractivity contribution in [2.45, 2.75) is 13.0 Å². The van der Waals surface area contributed by atoms with Gasteiger partial charge in [-0.05, 0) is 24.6 Å². The zero-order chi connectivity index (χ0) is 17.8. The topological polar surface area (TPSA) is 84.2 Å². The normalized spacial score (nSPS) is 11.7. The van der Waals surface area contributed by atoms with E-state index in [2.05, 4.69) is 10.4 Å². The molecule has 6 nitrogen and oxygen atoms in total. The lowest BCUT2D eigenvalue weighted by atomic mass is 10.1. The maximum atomic E-state index is 12.6. The van der Waals surface area contributed by atoms with Crippen LogP contribution in [-0.4, -0.2) is 26.8 Å². The minimum Gasteiger partial charge on any atom is -0.479 e. The number of aromatic nitrogens is 2. The molecule has 0 fully saturated rings. The van der Waals surface area contributed by atoms with Crippen molar-refractivity contribution in [2.75, 3.05) is 0 Å². The minimum absolute atomic E-state index is 0.339. The van der Waals surface area contributed by atoms with Gasteiger partial charge in [0.1, 0.15) is 0 Å². The molecule has 0 bridgehead atoms. The third kappa shape index (κ3) is 3.42. The van der Waals surface area contributed by atoms with Crippen molar-refractivity contribution in [3.8, 4) is 5.69 Å². The van der Waals surface area contributed by atoms with Gasteiger partial charge in [-0.2, -0.15) is 5.10 Å². The summed E-state index contributed by atoms with van der Waals surface area (Å²) in [5, 5.41) is 16.2. The Balaban J connectivity index is 1.86. The Morgan fingerprint density at radius 1 is 1.04 bits per heavy atom. The molecule has 0 radical (unpaired) electrons. The van der Waals surface area contributed by atoms with Crippen molar-refractivity contribution in [1.82, 2.24) is 15.1 Å². The molecule has 1 atom stereocenters. The Labute approximate surface area is 144 Å². The number of para-hydroxylation sites is 1. The fourth-order valence-corrected chi connectivity index (χ4v) is 2.60. The molecular formula is C19H17N3O3. The van der Waals surface area contributed by atoms with Crippen molar-refractivity contribution in [3.05, 3.63) is 83.7 Å². The predicted octanol–water partition coefficient (Wildman–Crippen LogP) is 2.74. The van der Waals surface area contributed by atoms with Crippen LogP contribution in [0.15, 0.2) is 66.9 Å². The van der Waals surface area contributed by atoms with Gasteiger partial charge in [-0.15, -0.1) is 0 Å². The number of benzene rings is 2. The Morgan fingerprint density at radius 3 is 2.24 bits per heavy atom. The van der Waals surface area contributed by atoms with Crippen LogP contribution in [0, 0.1) is 6.92 Å². The largest absolute Gasteiger partial charge is 0.479 e. The highest BCUT2D eigenvalue weighted by Gasteiger charge is 2.24. The van der Waals surface area contributed by atoms with Gasteiger partial charge >= 0.3 is 5.97 Å². The number of hydrogen-bond donors (Lipinski definition) is 2. The molecule has 0 aliphatic heterocycles. The van der Waals surface area contributed by atoms with Gasteiger partial charge in [0, 0.05) is 0 Å². The van der Waals surface area contributed by atoms with Crippen LogP contribution in [-0.2, 0) is 4.79 Å². The molecule has 3 rings (SSSR count). The molecule has 126 valence electrons. The maximum Gasteiger partial charge on any atom is 0.330 e. The van der Waals surface area contributed by atoms with Gasteiger partial charge in [-0.25, -0.2) is 9.48 Å². The third-order valence-corrected chi connectivity index (χ3v) is 3.91.